The van der Waals surface area contributed by atoms with Gasteiger partial charge in [-0.1, -0.05) is 0 Å². The van der Waals surface area contributed by atoms with Gasteiger partial charge in [-0.3, -0.25) is 0 Å². The Kier molecular flexibility index (Phi) is 2.91. The van der Waals surface area contributed by atoms with Crippen LogP contribution in [0.25, 0.3) is 11.3 Å². The van der Waals surface area contributed by atoms with Crippen molar-refractivity contribution >= 4 is 0 Å². The highest BCUT2D eigenvalue weighted by Gasteiger charge is 2.21. The first kappa shape index (κ1) is 12.3. The molecule has 0 amide bonds. The lowest BCUT2D eigenvalue weighted by molar-refractivity contribution is -0.0530. The molecule has 7 heteroatoms. The molecule has 0 spiro atoms. The predicted octanol–water partition coefficient (Wildman–Crippen LogP) is 2.51. The van der Waals surface area contributed by atoms with Gasteiger partial charge in [-0.25, -0.2) is 9.97 Å². The Labute approximate surface area is 112 Å². The molecule has 0 N–H and O–H groups in total. The Bertz CT molecular complexity index is 713. The smallest absolute Gasteiger partial charge is 0.388 e. The van der Waals surface area contributed by atoms with Gasteiger partial charge >= 0.3 is 6.61 Å². The van der Waals surface area contributed by atoms with Gasteiger partial charge in [-0.2, -0.15) is 14.0 Å². The molecule has 5 nitrogen and oxygen atoms in total. The molecule has 0 saturated heterocycles. The summed E-state index contributed by atoms with van der Waals surface area (Å²) in [6, 6.07) is 6.81. The van der Waals surface area contributed by atoms with Gasteiger partial charge in [-0.15, -0.1) is 0 Å². The third-order valence-corrected chi connectivity index (χ3v) is 2.77. The summed E-state index contributed by atoms with van der Waals surface area (Å²) < 4.78 is 34.1. The van der Waals surface area contributed by atoms with Crippen molar-refractivity contribution in [3.05, 3.63) is 35.7 Å². The van der Waals surface area contributed by atoms with Gasteiger partial charge in [0.25, 0.3) is 0 Å². The average molecular weight is 275 g/mol. The fourth-order valence-corrected chi connectivity index (χ4v) is 1.92. The summed E-state index contributed by atoms with van der Waals surface area (Å²) in [5, 5.41) is 8.84. The van der Waals surface area contributed by atoms with Crippen LogP contribution in [0.2, 0.25) is 0 Å². The largest absolute Gasteiger partial charge is 0.486 e. The maximum Gasteiger partial charge on any atom is 0.388 e. The number of nitriles is 1. The molecule has 0 fully saturated rings. The van der Waals surface area contributed by atoms with Gasteiger partial charge in [0.15, 0.2) is 0 Å². The topological polar surface area (TPSA) is 68.0 Å². The molecule has 3 rings (SSSR count). The lowest BCUT2D eigenvalue weighted by atomic mass is 10.0. The fourth-order valence-electron chi connectivity index (χ4n) is 1.92. The van der Waals surface area contributed by atoms with Gasteiger partial charge in [-0.05, 0) is 18.2 Å². The second-order valence-electron chi connectivity index (χ2n) is 3.99. The van der Waals surface area contributed by atoms with Crippen LogP contribution < -0.4 is 9.47 Å². The zero-order valence-corrected chi connectivity index (χ0v) is 10.0. The van der Waals surface area contributed by atoms with Crippen molar-refractivity contribution in [2.75, 3.05) is 0 Å². The van der Waals surface area contributed by atoms with E-state index in [1.807, 2.05) is 6.07 Å². The lowest BCUT2D eigenvalue weighted by Gasteiger charge is -2.19. The van der Waals surface area contributed by atoms with Crippen molar-refractivity contribution in [3.8, 4) is 29.0 Å². The van der Waals surface area contributed by atoms with Gasteiger partial charge in [0.05, 0.1) is 17.8 Å². The van der Waals surface area contributed by atoms with Crippen molar-refractivity contribution in [1.82, 2.24) is 9.97 Å². The normalized spacial score (nSPS) is 12.1. The standard InChI is InChI=1S/C13H7F2N3O2/c14-13(15)20-11-5-17-9-6-19-10-3-7(4-16)1-2-8(10)12(9)18-11/h1-3,5,13H,6H2. The van der Waals surface area contributed by atoms with E-state index in [0.29, 0.717) is 28.3 Å². The van der Waals surface area contributed by atoms with Crippen LogP contribution in [0.1, 0.15) is 11.3 Å². The summed E-state index contributed by atoms with van der Waals surface area (Å²) in [5.74, 6) is 0.219. The third-order valence-electron chi connectivity index (χ3n) is 2.77. The molecule has 100 valence electrons. The van der Waals surface area contributed by atoms with Crippen molar-refractivity contribution in [3.63, 3.8) is 0 Å². The van der Waals surface area contributed by atoms with Gasteiger partial charge in [0.2, 0.25) is 5.88 Å². The highest BCUT2D eigenvalue weighted by Crippen LogP contribution is 2.36. The number of aromatic nitrogens is 2. The van der Waals surface area contributed by atoms with Crippen LogP contribution >= 0.6 is 0 Å². The first-order chi connectivity index (χ1) is 9.67. The van der Waals surface area contributed by atoms with Crippen molar-refractivity contribution < 1.29 is 18.3 Å². The van der Waals surface area contributed by atoms with E-state index in [-0.39, 0.29) is 12.5 Å². The van der Waals surface area contributed by atoms with Crippen molar-refractivity contribution in [1.29, 1.82) is 5.26 Å². The SMILES string of the molecule is N#Cc1ccc2c(c1)OCc1ncc(OC(F)F)nc1-2. The van der Waals surface area contributed by atoms with Crippen LogP contribution in [0.4, 0.5) is 8.78 Å². The van der Waals surface area contributed by atoms with E-state index in [4.69, 9.17) is 10.00 Å². The molecule has 2 heterocycles. The van der Waals surface area contributed by atoms with Crippen LogP contribution in [-0.2, 0) is 6.61 Å². The number of rotatable bonds is 2. The third kappa shape index (κ3) is 2.12. The number of hydrogen-bond acceptors (Lipinski definition) is 5. The number of halogens is 2. The van der Waals surface area contributed by atoms with Gasteiger partial charge in [0, 0.05) is 5.56 Å². The molecule has 1 aromatic carbocycles. The van der Waals surface area contributed by atoms with E-state index in [9.17, 15) is 8.78 Å². The summed E-state index contributed by atoms with van der Waals surface area (Å²) >= 11 is 0. The summed E-state index contributed by atoms with van der Waals surface area (Å²) in [5.41, 5.74) is 2.00. The Morgan fingerprint density at radius 2 is 2.25 bits per heavy atom. The molecule has 0 aliphatic carbocycles. The molecule has 0 saturated carbocycles. The van der Waals surface area contributed by atoms with Crippen LogP contribution in [0.15, 0.2) is 24.4 Å². The molecule has 20 heavy (non-hydrogen) atoms. The summed E-state index contributed by atoms with van der Waals surface area (Å²) in [6.45, 7) is -2.79. The van der Waals surface area contributed by atoms with E-state index >= 15 is 0 Å². The molecular weight excluding hydrogens is 268 g/mol. The average Bonchev–Trinajstić information content (AvgIpc) is 2.45. The van der Waals surface area contributed by atoms with Crippen LogP contribution in [0, 0.1) is 11.3 Å². The second-order valence-corrected chi connectivity index (χ2v) is 3.99. The number of benzene rings is 1. The maximum atomic E-state index is 12.2. The molecule has 2 aromatic rings. The highest BCUT2D eigenvalue weighted by molar-refractivity contribution is 5.72. The number of nitrogens with zero attached hydrogens (tertiary/aromatic N) is 3. The van der Waals surface area contributed by atoms with Crippen LogP contribution in [0.5, 0.6) is 11.6 Å². The first-order valence-corrected chi connectivity index (χ1v) is 5.65. The Hall–Kier alpha value is -2.75. The Morgan fingerprint density at radius 1 is 1.40 bits per heavy atom. The number of fused-ring (bicyclic) bond motifs is 3. The molecular formula is C13H7F2N3O2. The van der Waals surface area contributed by atoms with Crippen LogP contribution in [0.3, 0.4) is 0 Å². The van der Waals surface area contributed by atoms with E-state index in [0.717, 1.165) is 6.20 Å². The molecule has 1 aliphatic heterocycles. The van der Waals surface area contributed by atoms with Crippen molar-refractivity contribution in [2.45, 2.75) is 13.2 Å². The lowest BCUT2D eigenvalue weighted by Crippen LogP contribution is -2.11. The quantitative estimate of drug-likeness (QED) is 0.842. The van der Waals surface area contributed by atoms with Gasteiger partial charge in [0.1, 0.15) is 23.7 Å². The molecule has 0 radical (unpaired) electrons. The zero-order chi connectivity index (χ0) is 14.1. The number of hydrogen-bond donors (Lipinski definition) is 0. The second kappa shape index (κ2) is 4.74. The molecule has 0 unspecified atom stereocenters. The van der Waals surface area contributed by atoms with Crippen molar-refractivity contribution in [2.24, 2.45) is 0 Å². The van der Waals surface area contributed by atoms with E-state index in [2.05, 4.69) is 14.7 Å². The minimum atomic E-state index is -2.96. The summed E-state index contributed by atoms with van der Waals surface area (Å²) in [6.07, 6.45) is 1.13. The summed E-state index contributed by atoms with van der Waals surface area (Å²) in [4.78, 5) is 8.03. The minimum absolute atomic E-state index is 0.166. The molecule has 1 aliphatic rings. The predicted molar refractivity (Wildman–Crippen MR) is 63.1 cm³/mol. The van der Waals surface area contributed by atoms with E-state index < -0.39 is 6.61 Å². The van der Waals surface area contributed by atoms with E-state index in [1.165, 1.54) is 0 Å². The zero-order valence-electron chi connectivity index (χ0n) is 10.0. The Balaban J connectivity index is 2.08. The minimum Gasteiger partial charge on any atom is -0.486 e. The number of alkyl halides is 2. The van der Waals surface area contributed by atoms with E-state index in [1.54, 1.807) is 18.2 Å². The maximum absolute atomic E-state index is 12.2. The monoisotopic (exact) mass is 275 g/mol. The van der Waals surface area contributed by atoms with Crippen LogP contribution in [-0.4, -0.2) is 16.6 Å². The fraction of sp³-hybridized carbons (Fsp3) is 0.154. The highest BCUT2D eigenvalue weighted by atomic mass is 19.3. The Morgan fingerprint density at radius 3 is 3.00 bits per heavy atom. The summed E-state index contributed by atoms with van der Waals surface area (Å²) in [7, 11) is 0. The number of ether oxygens (including phenoxy) is 2. The first-order valence-electron chi connectivity index (χ1n) is 5.65. The molecule has 0 bridgehead atoms. The molecule has 1 aromatic heterocycles. The molecule has 0 atom stereocenters. The van der Waals surface area contributed by atoms with Gasteiger partial charge < -0.3 is 9.47 Å².